The minimum absolute atomic E-state index is 0.202. The quantitative estimate of drug-likeness (QED) is 0.799. The highest BCUT2D eigenvalue weighted by molar-refractivity contribution is 5.72. The van der Waals surface area contributed by atoms with E-state index in [0.29, 0.717) is 12.5 Å². The molecule has 1 N–H and O–H groups in total. The van der Waals surface area contributed by atoms with E-state index in [-0.39, 0.29) is 5.97 Å². The highest BCUT2D eigenvalue weighted by Crippen LogP contribution is 2.12. The van der Waals surface area contributed by atoms with Crippen molar-refractivity contribution in [3.8, 4) is 0 Å². The molecule has 98 valence electrons. The van der Waals surface area contributed by atoms with Crippen LogP contribution < -0.4 is 5.32 Å². The Labute approximate surface area is 107 Å². The summed E-state index contributed by atoms with van der Waals surface area (Å²) >= 11 is 0. The number of rotatable bonds is 5. The molecule has 1 heterocycles. The Morgan fingerprint density at radius 2 is 2.22 bits per heavy atom. The Bertz CT molecular complexity index is 400. The lowest BCUT2D eigenvalue weighted by molar-refractivity contribution is -0.139. The Morgan fingerprint density at radius 1 is 1.44 bits per heavy atom. The fourth-order valence-electron chi connectivity index (χ4n) is 2.08. The van der Waals surface area contributed by atoms with Crippen molar-refractivity contribution in [2.75, 3.05) is 20.3 Å². The van der Waals surface area contributed by atoms with Gasteiger partial charge in [-0.15, -0.1) is 0 Å². The smallest absolute Gasteiger partial charge is 0.309 e. The number of hydrogen-bond donors (Lipinski definition) is 1. The molecular formula is C14H19NO3. The van der Waals surface area contributed by atoms with Gasteiger partial charge in [-0.05, 0) is 17.5 Å². The van der Waals surface area contributed by atoms with Crippen LogP contribution >= 0.6 is 0 Å². The molecule has 0 spiro atoms. The molecule has 0 amide bonds. The third-order valence-electron chi connectivity index (χ3n) is 3.19. The number of nitrogens with one attached hydrogen (secondary N) is 1. The van der Waals surface area contributed by atoms with Gasteiger partial charge in [0.1, 0.15) is 0 Å². The van der Waals surface area contributed by atoms with Crippen LogP contribution in [0, 0.1) is 0 Å². The minimum Gasteiger partial charge on any atom is -0.469 e. The normalized spacial score (nSPS) is 18.8. The van der Waals surface area contributed by atoms with Gasteiger partial charge < -0.3 is 14.8 Å². The SMILES string of the molecule is COC(=O)Cc1ccccc1CNC1CCOC1. The zero-order valence-corrected chi connectivity index (χ0v) is 10.6. The molecule has 2 rings (SSSR count). The van der Waals surface area contributed by atoms with E-state index in [1.807, 2.05) is 24.3 Å². The second kappa shape index (κ2) is 6.52. The Hall–Kier alpha value is -1.39. The highest BCUT2D eigenvalue weighted by atomic mass is 16.5. The van der Waals surface area contributed by atoms with Crippen LogP contribution in [0.15, 0.2) is 24.3 Å². The third kappa shape index (κ3) is 3.55. The molecule has 0 radical (unpaired) electrons. The second-order valence-electron chi connectivity index (χ2n) is 4.46. The largest absolute Gasteiger partial charge is 0.469 e. The number of ether oxygens (including phenoxy) is 2. The summed E-state index contributed by atoms with van der Waals surface area (Å²) in [7, 11) is 1.42. The lowest BCUT2D eigenvalue weighted by Crippen LogP contribution is -2.29. The van der Waals surface area contributed by atoms with Crippen molar-refractivity contribution in [1.29, 1.82) is 0 Å². The molecule has 1 atom stereocenters. The van der Waals surface area contributed by atoms with Gasteiger partial charge in [0.05, 0.1) is 20.1 Å². The van der Waals surface area contributed by atoms with Crippen LogP contribution in [0.3, 0.4) is 0 Å². The number of benzene rings is 1. The molecule has 0 aliphatic carbocycles. The van der Waals surface area contributed by atoms with E-state index in [1.54, 1.807) is 0 Å². The predicted octanol–water partition coefficient (Wildman–Crippen LogP) is 1.28. The van der Waals surface area contributed by atoms with Crippen LogP contribution in [0.4, 0.5) is 0 Å². The van der Waals surface area contributed by atoms with Gasteiger partial charge in [0.25, 0.3) is 0 Å². The molecule has 4 nitrogen and oxygen atoms in total. The lowest BCUT2D eigenvalue weighted by Gasteiger charge is -2.13. The predicted molar refractivity (Wildman–Crippen MR) is 68.2 cm³/mol. The molecule has 1 fully saturated rings. The Kier molecular flexibility index (Phi) is 4.73. The van der Waals surface area contributed by atoms with Crippen LogP contribution in [-0.2, 0) is 27.2 Å². The van der Waals surface area contributed by atoms with E-state index in [1.165, 1.54) is 7.11 Å². The number of esters is 1. The molecule has 0 saturated carbocycles. The zero-order valence-electron chi connectivity index (χ0n) is 10.6. The Balaban J connectivity index is 1.95. The highest BCUT2D eigenvalue weighted by Gasteiger charge is 2.15. The number of methoxy groups -OCH3 is 1. The van der Waals surface area contributed by atoms with Gasteiger partial charge in [0.15, 0.2) is 0 Å². The van der Waals surface area contributed by atoms with Gasteiger partial charge in [-0.3, -0.25) is 4.79 Å². The van der Waals surface area contributed by atoms with E-state index in [4.69, 9.17) is 9.47 Å². The lowest BCUT2D eigenvalue weighted by atomic mass is 10.0. The molecule has 0 aromatic heterocycles. The first kappa shape index (κ1) is 13.1. The van der Waals surface area contributed by atoms with Gasteiger partial charge in [0.2, 0.25) is 0 Å². The maximum Gasteiger partial charge on any atom is 0.309 e. The average molecular weight is 249 g/mol. The van der Waals surface area contributed by atoms with E-state index in [0.717, 1.165) is 37.3 Å². The summed E-state index contributed by atoms with van der Waals surface area (Å²) in [5, 5.41) is 3.45. The van der Waals surface area contributed by atoms with E-state index in [9.17, 15) is 4.79 Å². The van der Waals surface area contributed by atoms with E-state index < -0.39 is 0 Å². The summed E-state index contributed by atoms with van der Waals surface area (Å²) < 4.78 is 10.0. The van der Waals surface area contributed by atoms with Crippen LogP contribution in [0.25, 0.3) is 0 Å². The number of hydrogen-bond acceptors (Lipinski definition) is 4. The molecule has 18 heavy (non-hydrogen) atoms. The molecule has 1 saturated heterocycles. The first-order valence-corrected chi connectivity index (χ1v) is 6.24. The van der Waals surface area contributed by atoms with E-state index in [2.05, 4.69) is 5.32 Å². The van der Waals surface area contributed by atoms with Crippen molar-refractivity contribution in [2.24, 2.45) is 0 Å². The van der Waals surface area contributed by atoms with Gasteiger partial charge in [-0.2, -0.15) is 0 Å². The van der Waals surface area contributed by atoms with Crippen molar-refractivity contribution in [2.45, 2.75) is 25.4 Å². The van der Waals surface area contributed by atoms with Crippen molar-refractivity contribution in [3.05, 3.63) is 35.4 Å². The molecule has 1 aromatic carbocycles. The first-order valence-electron chi connectivity index (χ1n) is 6.24. The minimum atomic E-state index is -0.202. The van der Waals surface area contributed by atoms with Gasteiger partial charge in [0, 0.05) is 19.2 Å². The van der Waals surface area contributed by atoms with Gasteiger partial charge in [-0.1, -0.05) is 24.3 Å². The summed E-state index contributed by atoms with van der Waals surface area (Å²) in [6.07, 6.45) is 1.38. The molecule has 0 bridgehead atoms. The third-order valence-corrected chi connectivity index (χ3v) is 3.19. The van der Waals surface area contributed by atoms with Crippen LogP contribution in [0.1, 0.15) is 17.5 Å². The number of carbonyl (C=O) groups excluding carboxylic acids is 1. The maximum atomic E-state index is 11.3. The molecule has 1 aliphatic rings. The average Bonchev–Trinajstić information content (AvgIpc) is 2.91. The monoisotopic (exact) mass is 249 g/mol. The molecule has 1 unspecified atom stereocenters. The van der Waals surface area contributed by atoms with Gasteiger partial charge in [-0.25, -0.2) is 0 Å². The summed E-state index contributed by atoms with van der Waals surface area (Å²) in [6.45, 7) is 2.38. The molecule has 1 aliphatic heterocycles. The van der Waals surface area contributed by atoms with Crippen LogP contribution in [-0.4, -0.2) is 32.3 Å². The van der Waals surface area contributed by atoms with Crippen molar-refractivity contribution >= 4 is 5.97 Å². The second-order valence-corrected chi connectivity index (χ2v) is 4.46. The maximum absolute atomic E-state index is 11.3. The van der Waals surface area contributed by atoms with Crippen LogP contribution in [0.2, 0.25) is 0 Å². The summed E-state index contributed by atoms with van der Waals surface area (Å²) in [6, 6.07) is 8.37. The van der Waals surface area contributed by atoms with Gasteiger partial charge >= 0.3 is 5.97 Å². The van der Waals surface area contributed by atoms with Crippen molar-refractivity contribution in [1.82, 2.24) is 5.32 Å². The van der Waals surface area contributed by atoms with Crippen molar-refractivity contribution < 1.29 is 14.3 Å². The molecule has 1 aromatic rings. The first-order chi connectivity index (χ1) is 8.79. The van der Waals surface area contributed by atoms with Crippen LogP contribution in [0.5, 0.6) is 0 Å². The van der Waals surface area contributed by atoms with Crippen molar-refractivity contribution in [3.63, 3.8) is 0 Å². The molecule has 4 heteroatoms. The number of carbonyl (C=O) groups is 1. The summed E-state index contributed by atoms with van der Waals surface area (Å²) in [5.74, 6) is -0.202. The zero-order chi connectivity index (χ0) is 12.8. The fraction of sp³-hybridized carbons (Fsp3) is 0.500. The summed E-state index contributed by atoms with van der Waals surface area (Å²) in [4.78, 5) is 11.3. The fourth-order valence-corrected chi connectivity index (χ4v) is 2.08. The van der Waals surface area contributed by atoms with E-state index >= 15 is 0 Å². The standard InChI is InChI=1S/C14H19NO3/c1-17-14(16)8-11-4-2-3-5-12(11)9-15-13-6-7-18-10-13/h2-5,13,15H,6-10H2,1H3. The summed E-state index contributed by atoms with van der Waals surface area (Å²) in [5.41, 5.74) is 2.17. The molecular weight excluding hydrogens is 230 g/mol. The Morgan fingerprint density at radius 3 is 2.89 bits per heavy atom. The topological polar surface area (TPSA) is 47.6 Å².